The van der Waals surface area contributed by atoms with E-state index in [4.69, 9.17) is 0 Å². The fourth-order valence-corrected chi connectivity index (χ4v) is 2.82. The van der Waals surface area contributed by atoms with Crippen LogP contribution in [-0.4, -0.2) is 48.5 Å². The first-order valence-corrected chi connectivity index (χ1v) is 5.71. The summed E-state index contributed by atoms with van der Waals surface area (Å²) < 4.78 is 9.35. The minimum absolute atomic E-state index is 0.180. The second-order valence-electron chi connectivity index (χ2n) is 4.32. The number of ether oxygens (including phenoxy) is 2. The van der Waals surface area contributed by atoms with E-state index in [1.54, 1.807) is 13.0 Å². The van der Waals surface area contributed by atoms with Gasteiger partial charge in [0.1, 0.15) is 0 Å². The standard InChI is InChI=1S/C12H15NO5/c1-4-7-8-5-6-12(10(15)17-2,11(16)18-3)13(8)9(7)14/h4,8H,5-6H2,1-3H3/b7-4+/t8-/m1/s1. The lowest BCUT2D eigenvalue weighted by molar-refractivity contribution is -0.177. The number of nitrogens with zero attached hydrogens (tertiary/aromatic N) is 1. The Bertz CT molecular complexity index is 437. The second-order valence-corrected chi connectivity index (χ2v) is 4.32. The van der Waals surface area contributed by atoms with Crippen molar-refractivity contribution < 1.29 is 23.9 Å². The van der Waals surface area contributed by atoms with E-state index in [1.807, 2.05) is 0 Å². The molecule has 0 saturated carbocycles. The van der Waals surface area contributed by atoms with E-state index in [0.717, 1.165) is 0 Å². The zero-order valence-corrected chi connectivity index (χ0v) is 10.6. The van der Waals surface area contributed by atoms with Crippen LogP contribution in [0.4, 0.5) is 0 Å². The summed E-state index contributed by atoms with van der Waals surface area (Å²) in [5, 5.41) is 0. The molecule has 6 nitrogen and oxygen atoms in total. The van der Waals surface area contributed by atoms with E-state index < -0.39 is 17.5 Å². The summed E-state index contributed by atoms with van der Waals surface area (Å²) in [5.41, 5.74) is -0.956. The Morgan fingerprint density at radius 3 is 2.33 bits per heavy atom. The highest BCUT2D eigenvalue weighted by molar-refractivity contribution is 6.14. The Hall–Kier alpha value is -1.85. The molecule has 0 spiro atoms. The fraction of sp³-hybridized carbons (Fsp3) is 0.583. The van der Waals surface area contributed by atoms with Crippen molar-refractivity contribution in [1.29, 1.82) is 0 Å². The highest BCUT2D eigenvalue weighted by atomic mass is 16.5. The SMILES string of the molecule is C/C=C1/C(=O)N2[C@@H]1CCC2(C(=O)OC)C(=O)OC. The monoisotopic (exact) mass is 253 g/mol. The minimum Gasteiger partial charge on any atom is -0.467 e. The lowest BCUT2D eigenvalue weighted by atomic mass is 9.92. The van der Waals surface area contributed by atoms with Gasteiger partial charge in [0.2, 0.25) is 5.54 Å². The third kappa shape index (κ3) is 1.26. The van der Waals surface area contributed by atoms with Crippen molar-refractivity contribution in [3.05, 3.63) is 11.6 Å². The molecule has 18 heavy (non-hydrogen) atoms. The average Bonchev–Trinajstić information content (AvgIpc) is 2.74. The van der Waals surface area contributed by atoms with Gasteiger partial charge in [0.15, 0.2) is 0 Å². The van der Waals surface area contributed by atoms with Crippen LogP contribution < -0.4 is 0 Å². The molecule has 6 heteroatoms. The van der Waals surface area contributed by atoms with Crippen molar-refractivity contribution in [2.24, 2.45) is 0 Å². The van der Waals surface area contributed by atoms with Gasteiger partial charge in [-0.25, -0.2) is 9.59 Å². The quantitative estimate of drug-likeness (QED) is 0.300. The predicted molar refractivity (Wildman–Crippen MR) is 60.4 cm³/mol. The van der Waals surface area contributed by atoms with Gasteiger partial charge in [0.05, 0.1) is 20.3 Å². The summed E-state index contributed by atoms with van der Waals surface area (Å²) in [6.07, 6.45) is 2.52. The molecule has 0 N–H and O–H groups in total. The maximum Gasteiger partial charge on any atom is 0.343 e. The molecule has 98 valence electrons. The van der Waals surface area contributed by atoms with Crippen LogP contribution in [0.1, 0.15) is 19.8 Å². The van der Waals surface area contributed by atoms with Crippen LogP contribution in [0.2, 0.25) is 0 Å². The Morgan fingerprint density at radius 2 is 1.89 bits per heavy atom. The number of hydrogen-bond donors (Lipinski definition) is 0. The minimum atomic E-state index is -1.60. The van der Waals surface area contributed by atoms with E-state index in [9.17, 15) is 14.4 Å². The normalized spacial score (nSPS) is 26.6. The van der Waals surface area contributed by atoms with Gasteiger partial charge in [-0.2, -0.15) is 0 Å². The van der Waals surface area contributed by atoms with Crippen molar-refractivity contribution in [3.63, 3.8) is 0 Å². The Labute approximate surface area is 105 Å². The number of carbonyl (C=O) groups is 3. The van der Waals surface area contributed by atoms with Crippen LogP contribution >= 0.6 is 0 Å². The van der Waals surface area contributed by atoms with E-state index in [0.29, 0.717) is 12.0 Å². The number of fused-ring (bicyclic) bond motifs is 1. The molecule has 0 aromatic carbocycles. The number of allylic oxidation sites excluding steroid dienone is 1. The van der Waals surface area contributed by atoms with Gasteiger partial charge in [-0.05, 0) is 19.8 Å². The summed E-state index contributed by atoms with van der Waals surface area (Å²) in [4.78, 5) is 37.1. The fourth-order valence-electron chi connectivity index (χ4n) is 2.82. The molecule has 2 aliphatic rings. The third-order valence-electron chi connectivity index (χ3n) is 3.68. The number of β-lactam (4-membered cyclic amide) rings is 1. The van der Waals surface area contributed by atoms with E-state index in [1.165, 1.54) is 19.1 Å². The van der Waals surface area contributed by atoms with Gasteiger partial charge in [0.25, 0.3) is 5.91 Å². The van der Waals surface area contributed by atoms with E-state index in [-0.39, 0.29) is 18.4 Å². The molecule has 0 aromatic heterocycles. The van der Waals surface area contributed by atoms with Crippen molar-refractivity contribution in [2.45, 2.75) is 31.3 Å². The smallest absolute Gasteiger partial charge is 0.343 e. The van der Waals surface area contributed by atoms with Crippen molar-refractivity contribution in [2.75, 3.05) is 14.2 Å². The molecule has 2 heterocycles. The molecule has 2 aliphatic heterocycles. The molecular formula is C12H15NO5. The number of carbonyl (C=O) groups excluding carboxylic acids is 3. The average molecular weight is 253 g/mol. The van der Waals surface area contributed by atoms with Crippen LogP contribution in [0.15, 0.2) is 11.6 Å². The maximum atomic E-state index is 12.0. The molecular weight excluding hydrogens is 238 g/mol. The summed E-state index contributed by atoms with van der Waals surface area (Å²) in [6, 6.07) is -0.180. The van der Waals surface area contributed by atoms with E-state index >= 15 is 0 Å². The maximum absolute atomic E-state index is 12.0. The highest BCUT2D eigenvalue weighted by Gasteiger charge is 2.67. The van der Waals surface area contributed by atoms with E-state index in [2.05, 4.69) is 9.47 Å². The summed E-state index contributed by atoms with van der Waals surface area (Å²) >= 11 is 0. The summed E-state index contributed by atoms with van der Waals surface area (Å²) in [6.45, 7) is 1.76. The zero-order chi connectivity index (χ0) is 13.5. The van der Waals surface area contributed by atoms with Crippen LogP contribution in [0, 0.1) is 0 Å². The number of esters is 2. The van der Waals surface area contributed by atoms with Crippen LogP contribution in [0.5, 0.6) is 0 Å². The number of methoxy groups -OCH3 is 2. The first-order chi connectivity index (χ1) is 8.54. The van der Waals surface area contributed by atoms with Crippen molar-refractivity contribution in [3.8, 4) is 0 Å². The molecule has 1 amide bonds. The van der Waals surface area contributed by atoms with Crippen LogP contribution in [0.3, 0.4) is 0 Å². The molecule has 0 bridgehead atoms. The lowest BCUT2D eigenvalue weighted by Crippen LogP contribution is -2.67. The van der Waals surface area contributed by atoms with Crippen LogP contribution in [0.25, 0.3) is 0 Å². The zero-order valence-electron chi connectivity index (χ0n) is 10.6. The van der Waals surface area contributed by atoms with Crippen molar-refractivity contribution >= 4 is 17.8 Å². The second kappa shape index (κ2) is 4.12. The molecule has 2 rings (SSSR count). The van der Waals surface area contributed by atoms with Gasteiger partial charge >= 0.3 is 11.9 Å². The molecule has 2 fully saturated rings. The molecule has 0 aromatic rings. The van der Waals surface area contributed by atoms with Crippen LogP contribution in [-0.2, 0) is 23.9 Å². The van der Waals surface area contributed by atoms with Gasteiger partial charge in [0, 0.05) is 5.57 Å². The Kier molecular flexibility index (Phi) is 2.88. The Morgan fingerprint density at radius 1 is 1.33 bits per heavy atom. The van der Waals surface area contributed by atoms with Gasteiger partial charge in [-0.3, -0.25) is 4.79 Å². The first-order valence-electron chi connectivity index (χ1n) is 5.71. The third-order valence-corrected chi connectivity index (χ3v) is 3.68. The van der Waals surface area contributed by atoms with Gasteiger partial charge < -0.3 is 14.4 Å². The molecule has 1 atom stereocenters. The summed E-state index contributed by atoms with van der Waals surface area (Å²) in [5.74, 6) is -1.77. The molecule has 0 unspecified atom stereocenters. The lowest BCUT2D eigenvalue weighted by Gasteiger charge is -2.44. The number of hydrogen-bond acceptors (Lipinski definition) is 5. The van der Waals surface area contributed by atoms with Crippen molar-refractivity contribution in [1.82, 2.24) is 4.90 Å². The largest absolute Gasteiger partial charge is 0.467 e. The number of rotatable bonds is 2. The first kappa shape index (κ1) is 12.6. The predicted octanol–water partition coefficient (Wildman–Crippen LogP) is 0.0221. The van der Waals surface area contributed by atoms with Gasteiger partial charge in [-0.1, -0.05) is 6.08 Å². The summed E-state index contributed by atoms with van der Waals surface area (Å²) in [7, 11) is 2.39. The van der Waals surface area contributed by atoms with Gasteiger partial charge in [-0.15, -0.1) is 0 Å². The molecule has 2 saturated heterocycles. The highest BCUT2D eigenvalue weighted by Crippen LogP contribution is 2.46. The molecule has 0 radical (unpaired) electrons. The topological polar surface area (TPSA) is 72.9 Å². The Balaban J connectivity index is 2.43. The number of amides is 1. The molecule has 0 aliphatic carbocycles.